The van der Waals surface area contributed by atoms with Crippen molar-refractivity contribution in [3.63, 3.8) is 0 Å². The molecule has 1 aromatic rings. The van der Waals surface area contributed by atoms with Crippen molar-refractivity contribution >= 4 is 17.6 Å². The average Bonchev–Trinajstić information content (AvgIpc) is 2.35. The fourth-order valence-electron chi connectivity index (χ4n) is 1.73. The van der Waals surface area contributed by atoms with Gasteiger partial charge in [-0.3, -0.25) is 4.79 Å². The van der Waals surface area contributed by atoms with Crippen molar-refractivity contribution in [3.8, 4) is 5.75 Å². The van der Waals surface area contributed by atoms with E-state index in [2.05, 4.69) is 20.7 Å². The van der Waals surface area contributed by atoms with Crippen LogP contribution in [0.3, 0.4) is 0 Å². The fourth-order valence-corrected chi connectivity index (χ4v) is 1.73. The molecule has 1 atom stereocenters. The Bertz CT molecular complexity index is 577. The highest BCUT2D eigenvalue weighted by Crippen LogP contribution is 2.25. The number of carbonyl (C=O) groups excluding carboxylic acids is 2. The molecule has 0 heterocycles. The second-order valence-corrected chi connectivity index (χ2v) is 6.03. The van der Waals surface area contributed by atoms with Gasteiger partial charge in [-0.05, 0) is 27.7 Å². The number of methoxy groups -OCH3 is 1. The van der Waals surface area contributed by atoms with E-state index in [1.807, 2.05) is 0 Å². The van der Waals surface area contributed by atoms with E-state index in [0.717, 1.165) is 19.2 Å². The van der Waals surface area contributed by atoms with Crippen LogP contribution in [0.15, 0.2) is 12.1 Å². The number of hydrogen-bond acceptors (Lipinski definition) is 3. The lowest BCUT2D eigenvalue weighted by Gasteiger charge is -2.23. The first-order valence-corrected chi connectivity index (χ1v) is 6.96. The number of benzene rings is 1. The zero-order valence-electron chi connectivity index (χ0n) is 13.7. The van der Waals surface area contributed by atoms with Crippen molar-refractivity contribution in [2.24, 2.45) is 0 Å². The Morgan fingerprint density at radius 1 is 1.17 bits per heavy atom. The molecule has 1 rings (SSSR count). The summed E-state index contributed by atoms with van der Waals surface area (Å²) in [5.41, 5.74) is -0.534. The Balaban J connectivity index is 2.69. The topological polar surface area (TPSA) is 79.5 Å². The predicted octanol–water partition coefficient (Wildman–Crippen LogP) is 2.40. The summed E-state index contributed by atoms with van der Waals surface area (Å²) in [5.74, 6) is -2.80. The first-order chi connectivity index (χ1) is 10.5. The van der Waals surface area contributed by atoms with Crippen molar-refractivity contribution < 1.29 is 23.1 Å². The third-order valence-corrected chi connectivity index (χ3v) is 2.70. The second-order valence-electron chi connectivity index (χ2n) is 6.03. The maximum absolute atomic E-state index is 13.5. The van der Waals surface area contributed by atoms with Gasteiger partial charge in [0, 0.05) is 23.4 Å². The summed E-state index contributed by atoms with van der Waals surface area (Å²) < 4.78 is 31.6. The number of anilines is 1. The molecular formula is C15H21F2N3O3. The lowest BCUT2D eigenvalue weighted by Crippen LogP contribution is -2.51. The SMILES string of the molecule is COc1c(F)cc(NC(=O)NC(C)C(=O)NC(C)(C)C)cc1F. The molecule has 0 saturated carbocycles. The summed E-state index contributed by atoms with van der Waals surface area (Å²) in [6.07, 6.45) is 0. The molecule has 0 fully saturated rings. The van der Waals surface area contributed by atoms with Crippen LogP contribution in [0.4, 0.5) is 19.3 Å². The first-order valence-electron chi connectivity index (χ1n) is 6.96. The minimum Gasteiger partial charge on any atom is -0.491 e. The quantitative estimate of drug-likeness (QED) is 0.793. The first kappa shape index (κ1) is 18.7. The van der Waals surface area contributed by atoms with E-state index in [1.165, 1.54) is 6.92 Å². The molecule has 3 amide bonds. The van der Waals surface area contributed by atoms with Crippen molar-refractivity contribution in [2.75, 3.05) is 12.4 Å². The molecule has 0 aliphatic heterocycles. The molecule has 1 aromatic carbocycles. The fraction of sp³-hybridized carbons (Fsp3) is 0.467. The molecule has 0 aromatic heterocycles. The molecule has 128 valence electrons. The van der Waals surface area contributed by atoms with Crippen LogP contribution in [0.2, 0.25) is 0 Å². The molecule has 6 nitrogen and oxygen atoms in total. The number of halogens is 2. The van der Waals surface area contributed by atoms with E-state index in [-0.39, 0.29) is 11.6 Å². The van der Waals surface area contributed by atoms with Gasteiger partial charge in [-0.2, -0.15) is 0 Å². The molecule has 0 spiro atoms. The number of amides is 3. The van der Waals surface area contributed by atoms with E-state index in [1.54, 1.807) is 20.8 Å². The Kier molecular flexibility index (Phi) is 5.89. The summed E-state index contributed by atoms with van der Waals surface area (Å²) in [6.45, 7) is 6.91. The lowest BCUT2D eigenvalue weighted by atomic mass is 10.1. The zero-order valence-corrected chi connectivity index (χ0v) is 13.7. The van der Waals surface area contributed by atoms with Gasteiger partial charge in [-0.1, -0.05) is 0 Å². The number of hydrogen-bond donors (Lipinski definition) is 3. The summed E-state index contributed by atoms with van der Waals surface area (Å²) >= 11 is 0. The Morgan fingerprint density at radius 3 is 2.13 bits per heavy atom. The minimum absolute atomic E-state index is 0.0956. The largest absolute Gasteiger partial charge is 0.491 e. The minimum atomic E-state index is -0.943. The number of ether oxygens (including phenoxy) is 1. The molecule has 8 heteroatoms. The van der Waals surface area contributed by atoms with Crippen LogP contribution in [0.1, 0.15) is 27.7 Å². The van der Waals surface area contributed by atoms with Gasteiger partial charge in [0.25, 0.3) is 0 Å². The van der Waals surface area contributed by atoms with Crippen molar-refractivity contribution in [1.29, 1.82) is 0 Å². The van der Waals surface area contributed by atoms with Crippen LogP contribution >= 0.6 is 0 Å². The van der Waals surface area contributed by atoms with Crippen LogP contribution in [-0.4, -0.2) is 30.6 Å². The zero-order chi connectivity index (χ0) is 17.8. The van der Waals surface area contributed by atoms with Gasteiger partial charge in [0.1, 0.15) is 6.04 Å². The van der Waals surface area contributed by atoms with Crippen LogP contribution < -0.4 is 20.7 Å². The summed E-state index contributed by atoms with van der Waals surface area (Å²) in [5, 5.41) is 7.34. The maximum Gasteiger partial charge on any atom is 0.319 e. The highest BCUT2D eigenvalue weighted by molar-refractivity contribution is 5.93. The third-order valence-electron chi connectivity index (χ3n) is 2.70. The van der Waals surface area contributed by atoms with Crippen LogP contribution in [0, 0.1) is 11.6 Å². The lowest BCUT2D eigenvalue weighted by molar-refractivity contribution is -0.123. The molecule has 0 aliphatic rings. The third kappa shape index (κ3) is 5.72. The van der Waals surface area contributed by atoms with Gasteiger partial charge in [-0.15, -0.1) is 0 Å². The van der Waals surface area contributed by atoms with Gasteiger partial charge in [-0.25, -0.2) is 13.6 Å². The van der Waals surface area contributed by atoms with Crippen LogP contribution in [0.5, 0.6) is 5.75 Å². The molecule has 0 radical (unpaired) electrons. The summed E-state index contributed by atoms with van der Waals surface area (Å²) in [4.78, 5) is 23.6. The molecule has 0 aliphatic carbocycles. The maximum atomic E-state index is 13.5. The highest BCUT2D eigenvalue weighted by Gasteiger charge is 2.21. The number of nitrogens with one attached hydrogen (secondary N) is 3. The smallest absolute Gasteiger partial charge is 0.319 e. The Morgan fingerprint density at radius 2 is 1.70 bits per heavy atom. The molecule has 0 bridgehead atoms. The van der Waals surface area contributed by atoms with E-state index >= 15 is 0 Å². The van der Waals surface area contributed by atoms with Gasteiger partial charge < -0.3 is 20.7 Å². The van der Waals surface area contributed by atoms with E-state index < -0.39 is 35.0 Å². The van der Waals surface area contributed by atoms with Crippen LogP contribution in [0.25, 0.3) is 0 Å². The number of carbonyl (C=O) groups is 2. The van der Waals surface area contributed by atoms with Crippen molar-refractivity contribution in [1.82, 2.24) is 10.6 Å². The Hall–Kier alpha value is -2.38. The molecule has 0 saturated heterocycles. The van der Waals surface area contributed by atoms with Crippen molar-refractivity contribution in [2.45, 2.75) is 39.3 Å². The molecule has 1 unspecified atom stereocenters. The highest BCUT2D eigenvalue weighted by atomic mass is 19.1. The Labute approximate surface area is 133 Å². The van der Waals surface area contributed by atoms with Crippen LogP contribution in [-0.2, 0) is 4.79 Å². The van der Waals surface area contributed by atoms with Gasteiger partial charge in [0.2, 0.25) is 5.91 Å². The number of urea groups is 1. The van der Waals surface area contributed by atoms with Crippen molar-refractivity contribution in [3.05, 3.63) is 23.8 Å². The molecular weight excluding hydrogens is 308 g/mol. The van der Waals surface area contributed by atoms with E-state index in [9.17, 15) is 18.4 Å². The standard InChI is InChI=1S/C15H21F2N3O3/c1-8(13(21)20-15(2,3)4)18-14(22)19-9-6-10(16)12(23-5)11(17)7-9/h6-8H,1-5H3,(H,20,21)(H2,18,19,22). The van der Waals surface area contributed by atoms with E-state index in [0.29, 0.717) is 0 Å². The van der Waals surface area contributed by atoms with Gasteiger partial charge in [0.15, 0.2) is 17.4 Å². The summed E-state index contributed by atoms with van der Waals surface area (Å²) in [6, 6.07) is 0.260. The average molecular weight is 329 g/mol. The number of rotatable bonds is 4. The molecule has 23 heavy (non-hydrogen) atoms. The van der Waals surface area contributed by atoms with Gasteiger partial charge >= 0.3 is 6.03 Å². The van der Waals surface area contributed by atoms with Gasteiger partial charge in [0.05, 0.1) is 7.11 Å². The normalized spacial score (nSPS) is 12.3. The van der Waals surface area contributed by atoms with E-state index in [4.69, 9.17) is 0 Å². The monoisotopic (exact) mass is 329 g/mol. The second kappa shape index (κ2) is 7.26. The molecule has 3 N–H and O–H groups in total. The predicted molar refractivity (Wildman–Crippen MR) is 82.4 cm³/mol. The summed E-state index contributed by atoms with van der Waals surface area (Å²) in [7, 11) is 1.14.